The molecule has 150 valence electrons. The van der Waals surface area contributed by atoms with E-state index in [-0.39, 0.29) is 5.82 Å². The van der Waals surface area contributed by atoms with Crippen molar-refractivity contribution in [2.75, 3.05) is 31.2 Å². The molecule has 28 heavy (non-hydrogen) atoms. The van der Waals surface area contributed by atoms with Crippen molar-refractivity contribution in [1.29, 1.82) is 5.26 Å². The molecule has 0 amide bonds. The molecule has 7 nitrogen and oxygen atoms in total. The summed E-state index contributed by atoms with van der Waals surface area (Å²) < 4.78 is 5.33. The van der Waals surface area contributed by atoms with Crippen LogP contribution in [-0.2, 0) is 4.74 Å². The summed E-state index contributed by atoms with van der Waals surface area (Å²) in [7, 11) is 0. The van der Waals surface area contributed by atoms with Gasteiger partial charge in [0.2, 0.25) is 11.8 Å². The lowest BCUT2D eigenvalue weighted by atomic mass is 10.1. The van der Waals surface area contributed by atoms with Gasteiger partial charge in [0, 0.05) is 35.9 Å². The topological polar surface area (TPSA) is 87.8 Å². The predicted octanol–water partition coefficient (Wildman–Crippen LogP) is 3.53. The number of aromatic nitrogens is 4. The summed E-state index contributed by atoms with van der Waals surface area (Å²) in [6, 6.07) is 5.91. The zero-order valence-electron chi connectivity index (χ0n) is 17.7. The van der Waals surface area contributed by atoms with Crippen LogP contribution in [-0.4, -0.2) is 46.2 Å². The van der Waals surface area contributed by atoms with E-state index in [9.17, 15) is 0 Å². The van der Waals surface area contributed by atoms with E-state index in [0.29, 0.717) is 11.8 Å². The van der Waals surface area contributed by atoms with E-state index in [2.05, 4.69) is 44.7 Å². The first-order valence-corrected chi connectivity index (χ1v) is 9.74. The number of morpholine rings is 1. The molecule has 7 heteroatoms. The third-order valence-corrected chi connectivity index (χ3v) is 4.31. The number of nitriles is 1. The second-order valence-corrected chi connectivity index (χ2v) is 7.51. The molecule has 0 radical (unpaired) electrons. The Balaban J connectivity index is 0.000000209. The third-order valence-electron chi connectivity index (χ3n) is 4.31. The number of anilines is 1. The fourth-order valence-corrected chi connectivity index (χ4v) is 2.72. The molecule has 0 aromatic carbocycles. The van der Waals surface area contributed by atoms with Crippen molar-refractivity contribution in [3.8, 4) is 6.07 Å². The predicted molar refractivity (Wildman–Crippen MR) is 109 cm³/mol. The number of hydrogen-bond donors (Lipinski definition) is 0. The molecular formula is C21H30N6O. The summed E-state index contributed by atoms with van der Waals surface area (Å²) in [6.45, 7) is 15.6. The van der Waals surface area contributed by atoms with Crippen LogP contribution in [0.4, 0.5) is 5.95 Å². The summed E-state index contributed by atoms with van der Waals surface area (Å²) in [5.41, 5.74) is 3.94. The van der Waals surface area contributed by atoms with Crippen LogP contribution >= 0.6 is 0 Å². The van der Waals surface area contributed by atoms with Gasteiger partial charge in [-0.25, -0.2) is 19.9 Å². The van der Waals surface area contributed by atoms with Crippen molar-refractivity contribution in [2.24, 2.45) is 0 Å². The molecule has 2 aromatic rings. The highest BCUT2D eigenvalue weighted by molar-refractivity contribution is 5.33. The molecule has 1 saturated heterocycles. The van der Waals surface area contributed by atoms with Gasteiger partial charge in [0.15, 0.2) is 0 Å². The maximum Gasteiger partial charge on any atom is 0.232 e. The summed E-state index contributed by atoms with van der Waals surface area (Å²) in [5, 5.41) is 8.59. The molecule has 0 N–H and O–H groups in total. The highest BCUT2D eigenvalue weighted by atomic mass is 16.5. The van der Waals surface area contributed by atoms with Crippen LogP contribution < -0.4 is 4.90 Å². The first-order valence-electron chi connectivity index (χ1n) is 9.74. The molecule has 0 saturated carbocycles. The third kappa shape index (κ3) is 6.24. The number of ether oxygens (including phenoxy) is 1. The maximum atomic E-state index is 8.59. The lowest BCUT2D eigenvalue weighted by Gasteiger charge is -2.27. The molecule has 1 aliphatic heterocycles. The standard InChI is InChI=1S/C12H19N3O.C9H11N3/c1-9(2)11-8-10(3)13-12(14-11)15-4-6-16-7-5-15;1-6(2)8-4-7(3)11-9(5-10)12-8/h8-9H,4-7H2,1-3H3;4,6H,1-3H3. The Morgan fingerprint density at radius 1 is 0.893 bits per heavy atom. The van der Waals surface area contributed by atoms with E-state index in [4.69, 9.17) is 10.00 Å². The monoisotopic (exact) mass is 382 g/mol. The highest BCUT2D eigenvalue weighted by Gasteiger charge is 2.15. The second kappa shape index (κ2) is 10.1. The van der Waals surface area contributed by atoms with E-state index in [1.165, 1.54) is 0 Å². The minimum atomic E-state index is 0.263. The van der Waals surface area contributed by atoms with Crippen LogP contribution in [0.25, 0.3) is 0 Å². The molecule has 1 aliphatic rings. The number of rotatable bonds is 3. The first kappa shape index (κ1) is 21.7. The number of aryl methyl sites for hydroxylation is 2. The quantitative estimate of drug-likeness (QED) is 0.802. The second-order valence-electron chi connectivity index (χ2n) is 7.51. The lowest BCUT2D eigenvalue weighted by Crippen LogP contribution is -2.37. The molecule has 1 fully saturated rings. The van der Waals surface area contributed by atoms with Gasteiger partial charge < -0.3 is 9.64 Å². The van der Waals surface area contributed by atoms with Crippen LogP contribution in [0.5, 0.6) is 0 Å². The van der Waals surface area contributed by atoms with Crippen molar-refractivity contribution >= 4 is 5.95 Å². The Hall–Kier alpha value is -2.59. The minimum Gasteiger partial charge on any atom is -0.378 e. The fraction of sp³-hybridized carbons (Fsp3) is 0.571. The van der Waals surface area contributed by atoms with Crippen molar-refractivity contribution in [1.82, 2.24) is 19.9 Å². The Bertz CT molecular complexity index is 822. The SMILES string of the molecule is Cc1cc(C(C)C)nc(C#N)n1.Cc1cc(C(C)C)nc(N2CCOCC2)n1. The fourth-order valence-electron chi connectivity index (χ4n) is 2.72. The van der Waals surface area contributed by atoms with Gasteiger partial charge in [-0.2, -0.15) is 5.26 Å². The average molecular weight is 383 g/mol. The lowest BCUT2D eigenvalue weighted by molar-refractivity contribution is 0.122. The number of hydrogen-bond acceptors (Lipinski definition) is 7. The Morgan fingerprint density at radius 3 is 1.96 bits per heavy atom. The summed E-state index contributed by atoms with van der Waals surface area (Å²) in [6.07, 6.45) is 0. The zero-order valence-corrected chi connectivity index (χ0v) is 17.7. The van der Waals surface area contributed by atoms with Crippen LogP contribution in [0.15, 0.2) is 12.1 Å². The summed E-state index contributed by atoms with van der Waals surface area (Å²) >= 11 is 0. The molecule has 3 rings (SSSR count). The molecule has 0 unspecified atom stereocenters. The van der Waals surface area contributed by atoms with Gasteiger partial charge in [0.05, 0.1) is 13.2 Å². The van der Waals surface area contributed by atoms with Gasteiger partial charge >= 0.3 is 0 Å². The van der Waals surface area contributed by atoms with Crippen LogP contribution in [0.3, 0.4) is 0 Å². The van der Waals surface area contributed by atoms with Crippen molar-refractivity contribution in [3.63, 3.8) is 0 Å². The van der Waals surface area contributed by atoms with E-state index in [1.807, 2.05) is 39.8 Å². The van der Waals surface area contributed by atoms with Gasteiger partial charge in [-0.05, 0) is 37.8 Å². The average Bonchev–Trinajstić information content (AvgIpc) is 2.68. The van der Waals surface area contributed by atoms with Crippen LogP contribution in [0.1, 0.15) is 68.1 Å². The van der Waals surface area contributed by atoms with Gasteiger partial charge in [0.1, 0.15) is 6.07 Å². The Morgan fingerprint density at radius 2 is 1.43 bits per heavy atom. The zero-order chi connectivity index (χ0) is 20.7. The van der Waals surface area contributed by atoms with Crippen LogP contribution in [0.2, 0.25) is 0 Å². The van der Waals surface area contributed by atoms with Gasteiger partial charge in [-0.1, -0.05) is 27.7 Å². The molecule has 0 spiro atoms. The largest absolute Gasteiger partial charge is 0.378 e. The Labute approximate surface area is 167 Å². The molecule has 0 atom stereocenters. The van der Waals surface area contributed by atoms with Gasteiger partial charge in [-0.15, -0.1) is 0 Å². The first-order chi connectivity index (χ1) is 13.3. The van der Waals surface area contributed by atoms with E-state index < -0.39 is 0 Å². The highest BCUT2D eigenvalue weighted by Crippen LogP contribution is 2.17. The molecule has 0 bridgehead atoms. The maximum absolute atomic E-state index is 8.59. The smallest absolute Gasteiger partial charge is 0.232 e. The summed E-state index contributed by atoms with van der Waals surface area (Å²) in [5.74, 6) is 1.91. The van der Waals surface area contributed by atoms with E-state index >= 15 is 0 Å². The van der Waals surface area contributed by atoms with E-state index in [0.717, 1.165) is 55.0 Å². The normalized spacial score (nSPS) is 13.9. The van der Waals surface area contributed by atoms with Gasteiger partial charge in [0.25, 0.3) is 0 Å². The minimum absolute atomic E-state index is 0.263. The molecule has 0 aliphatic carbocycles. The van der Waals surface area contributed by atoms with Crippen molar-refractivity contribution in [2.45, 2.75) is 53.4 Å². The molecule has 3 heterocycles. The van der Waals surface area contributed by atoms with Gasteiger partial charge in [-0.3, -0.25) is 0 Å². The van der Waals surface area contributed by atoms with Crippen molar-refractivity contribution < 1.29 is 4.74 Å². The van der Waals surface area contributed by atoms with Crippen molar-refractivity contribution in [3.05, 3.63) is 40.7 Å². The summed E-state index contributed by atoms with van der Waals surface area (Å²) in [4.78, 5) is 19.4. The molecular weight excluding hydrogens is 352 g/mol. The Kier molecular flexibility index (Phi) is 7.82. The number of nitrogens with zero attached hydrogens (tertiary/aromatic N) is 6. The van der Waals surface area contributed by atoms with E-state index in [1.54, 1.807) is 0 Å². The molecule has 2 aromatic heterocycles. The van der Waals surface area contributed by atoms with Crippen LogP contribution in [0, 0.1) is 25.2 Å².